The molecule has 0 saturated heterocycles. The summed E-state index contributed by atoms with van der Waals surface area (Å²) in [6.07, 6.45) is 5.82. The predicted octanol–water partition coefficient (Wildman–Crippen LogP) is 3.46. The van der Waals surface area contributed by atoms with E-state index in [9.17, 15) is 14.4 Å². The molecule has 4 rings (SSSR count). The Kier molecular flexibility index (Phi) is 5.25. The third-order valence-electron chi connectivity index (χ3n) is 5.34. The number of nitrogens with two attached hydrogens (primary N) is 1. The van der Waals surface area contributed by atoms with Crippen molar-refractivity contribution >= 4 is 45.5 Å². The maximum atomic E-state index is 12.6. The van der Waals surface area contributed by atoms with Gasteiger partial charge in [-0.25, -0.2) is 4.79 Å². The first-order valence-corrected chi connectivity index (χ1v) is 11.2. The fraction of sp³-hybridized carbons (Fsp3) is 0.450. The minimum absolute atomic E-state index is 0.399. The maximum absolute atomic E-state index is 12.6. The molecule has 0 aliphatic heterocycles. The number of carbonyl (C=O) groups is 3. The van der Waals surface area contributed by atoms with Crippen molar-refractivity contribution in [2.24, 2.45) is 5.73 Å². The molecule has 0 radical (unpaired) electrons. The molecule has 28 heavy (non-hydrogen) atoms. The molecular weight excluding hydrogens is 396 g/mol. The van der Waals surface area contributed by atoms with E-state index >= 15 is 0 Å². The molecule has 2 heterocycles. The van der Waals surface area contributed by atoms with Crippen molar-refractivity contribution in [3.8, 4) is 0 Å². The topological polar surface area (TPSA) is 98.5 Å². The van der Waals surface area contributed by atoms with Crippen LogP contribution in [0.2, 0.25) is 0 Å². The highest BCUT2D eigenvalue weighted by molar-refractivity contribution is 7.17. The highest BCUT2D eigenvalue weighted by Crippen LogP contribution is 2.39. The van der Waals surface area contributed by atoms with E-state index in [1.807, 2.05) is 5.38 Å². The van der Waals surface area contributed by atoms with Crippen LogP contribution in [0.25, 0.3) is 0 Å². The average Bonchev–Trinajstić information content (AvgIpc) is 3.34. The average molecular weight is 419 g/mol. The lowest BCUT2D eigenvalue weighted by molar-refractivity contribution is -0.123. The van der Waals surface area contributed by atoms with Crippen LogP contribution in [0.3, 0.4) is 0 Å². The van der Waals surface area contributed by atoms with E-state index in [1.54, 1.807) is 11.3 Å². The van der Waals surface area contributed by atoms with Crippen molar-refractivity contribution in [1.29, 1.82) is 0 Å². The number of ether oxygens (including phenoxy) is 1. The summed E-state index contributed by atoms with van der Waals surface area (Å²) >= 11 is 2.97. The molecule has 0 aromatic carbocycles. The van der Waals surface area contributed by atoms with Gasteiger partial charge < -0.3 is 15.8 Å². The van der Waals surface area contributed by atoms with Gasteiger partial charge in [0.15, 0.2) is 6.10 Å². The zero-order valence-electron chi connectivity index (χ0n) is 15.6. The molecule has 0 fully saturated rings. The Labute approximate surface area is 171 Å². The quantitative estimate of drug-likeness (QED) is 0.727. The van der Waals surface area contributed by atoms with Crippen LogP contribution in [0, 0.1) is 0 Å². The Balaban J connectivity index is 1.45. The summed E-state index contributed by atoms with van der Waals surface area (Å²) in [5.74, 6) is -1.46. The van der Waals surface area contributed by atoms with Crippen molar-refractivity contribution < 1.29 is 19.1 Å². The number of rotatable bonds is 5. The number of nitrogens with one attached hydrogen (secondary N) is 1. The fourth-order valence-electron chi connectivity index (χ4n) is 3.91. The van der Waals surface area contributed by atoms with Crippen molar-refractivity contribution in [2.75, 3.05) is 5.32 Å². The van der Waals surface area contributed by atoms with Crippen molar-refractivity contribution in [1.82, 2.24) is 0 Å². The van der Waals surface area contributed by atoms with E-state index in [-0.39, 0.29) is 0 Å². The second kappa shape index (κ2) is 7.67. The molecule has 1 atom stereocenters. The number of hydrogen-bond donors (Lipinski definition) is 2. The van der Waals surface area contributed by atoms with Gasteiger partial charge in [0.1, 0.15) is 5.00 Å². The van der Waals surface area contributed by atoms with Crippen LogP contribution in [0.1, 0.15) is 67.8 Å². The van der Waals surface area contributed by atoms with E-state index in [0.29, 0.717) is 16.1 Å². The van der Waals surface area contributed by atoms with E-state index in [4.69, 9.17) is 10.5 Å². The predicted molar refractivity (Wildman–Crippen MR) is 109 cm³/mol. The molecule has 3 N–H and O–H groups in total. The van der Waals surface area contributed by atoms with Gasteiger partial charge in [-0.05, 0) is 63.0 Å². The zero-order chi connectivity index (χ0) is 19.8. The first-order valence-electron chi connectivity index (χ1n) is 9.51. The van der Waals surface area contributed by atoms with Crippen LogP contribution >= 0.6 is 22.7 Å². The second-order valence-electron chi connectivity index (χ2n) is 7.22. The Morgan fingerprint density at radius 3 is 2.57 bits per heavy atom. The lowest BCUT2D eigenvalue weighted by Gasteiger charge is -2.15. The van der Waals surface area contributed by atoms with Gasteiger partial charge in [-0.2, -0.15) is 0 Å². The lowest BCUT2D eigenvalue weighted by Crippen LogP contribution is -2.30. The third kappa shape index (κ3) is 3.46. The van der Waals surface area contributed by atoms with Crippen LogP contribution in [-0.4, -0.2) is 23.9 Å². The number of carbonyl (C=O) groups excluding carboxylic acids is 3. The Morgan fingerprint density at radius 2 is 1.79 bits per heavy atom. The van der Waals surface area contributed by atoms with E-state index < -0.39 is 23.9 Å². The summed E-state index contributed by atoms with van der Waals surface area (Å²) < 4.78 is 5.42. The molecule has 0 unspecified atom stereocenters. The molecule has 2 amide bonds. The molecule has 2 aromatic heterocycles. The van der Waals surface area contributed by atoms with Crippen molar-refractivity contribution in [2.45, 2.75) is 58.0 Å². The van der Waals surface area contributed by atoms with E-state index in [1.165, 1.54) is 23.1 Å². The summed E-state index contributed by atoms with van der Waals surface area (Å²) in [4.78, 5) is 39.3. The molecule has 6 nitrogen and oxygen atoms in total. The molecule has 2 aliphatic carbocycles. The first kappa shape index (κ1) is 19.1. The minimum Gasteiger partial charge on any atom is -0.449 e. The van der Waals surface area contributed by atoms with Gasteiger partial charge in [0.2, 0.25) is 0 Å². The van der Waals surface area contributed by atoms with Gasteiger partial charge in [0, 0.05) is 15.1 Å². The highest BCUT2D eigenvalue weighted by atomic mass is 32.1. The monoisotopic (exact) mass is 418 g/mol. The van der Waals surface area contributed by atoms with Gasteiger partial charge in [-0.3, -0.25) is 9.59 Å². The van der Waals surface area contributed by atoms with Crippen molar-refractivity contribution in [3.63, 3.8) is 0 Å². The molecular formula is C20H22N2O4S2. The zero-order valence-corrected chi connectivity index (χ0v) is 17.3. The Hall–Kier alpha value is -2.19. The standard InChI is InChI=1S/C20H22N2O4S2/c1-10(26-20(25)13-9-27-14-7-3-2-5-11(13)14)18(24)22-19-16(17(21)23)12-6-4-8-15(12)28-19/h9-10H,2-8H2,1H3,(H2,21,23)(H,22,24)/t10-/m1/s1. The third-order valence-corrected chi connectivity index (χ3v) is 7.63. The van der Waals surface area contributed by atoms with E-state index in [2.05, 4.69) is 5.32 Å². The Bertz CT molecular complexity index is 960. The summed E-state index contributed by atoms with van der Waals surface area (Å²) in [5, 5.41) is 5.03. The number of hydrogen-bond acceptors (Lipinski definition) is 6. The van der Waals surface area contributed by atoms with Gasteiger partial charge in [-0.15, -0.1) is 22.7 Å². The molecule has 2 aromatic rings. The number of thiophene rings is 2. The van der Waals surface area contributed by atoms with Gasteiger partial charge in [0.25, 0.3) is 11.8 Å². The van der Waals surface area contributed by atoms with Crippen molar-refractivity contribution in [3.05, 3.63) is 37.4 Å². The maximum Gasteiger partial charge on any atom is 0.340 e. The normalized spacial score (nSPS) is 16.2. The number of anilines is 1. The fourth-order valence-corrected chi connectivity index (χ4v) is 6.32. The van der Waals surface area contributed by atoms with Crippen LogP contribution in [0.15, 0.2) is 5.38 Å². The summed E-state index contributed by atoms with van der Waals surface area (Å²) in [7, 11) is 0. The summed E-state index contributed by atoms with van der Waals surface area (Å²) in [6.45, 7) is 1.54. The molecule has 148 valence electrons. The van der Waals surface area contributed by atoms with Crippen LogP contribution < -0.4 is 11.1 Å². The number of fused-ring (bicyclic) bond motifs is 2. The number of esters is 1. The summed E-state index contributed by atoms with van der Waals surface area (Å²) in [5.41, 5.74) is 8.52. The minimum atomic E-state index is -0.968. The SMILES string of the molecule is C[C@@H](OC(=O)c1csc2c1CCCC2)C(=O)Nc1sc2c(c1C(N)=O)CCC2. The number of aryl methyl sites for hydroxylation is 2. The van der Waals surface area contributed by atoms with Gasteiger partial charge in [0.05, 0.1) is 11.1 Å². The largest absolute Gasteiger partial charge is 0.449 e. The first-order chi connectivity index (χ1) is 13.5. The number of amides is 2. The molecule has 8 heteroatoms. The van der Waals surface area contributed by atoms with E-state index in [0.717, 1.165) is 60.9 Å². The van der Waals surface area contributed by atoms with Gasteiger partial charge >= 0.3 is 5.97 Å². The lowest BCUT2D eigenvalue weighted by atomic mass is 9.96. The molecule has 0 bridgehead atoms. The second-order valence-corrected chi connectivity index (χ2v) is 9.29. The Morgan fingerprint density at radius 1 is 1.07 bits per heavy atom. The summed E-state index contributed by atoms with van der Waals surface area (Å²) in [6, 6.07) is 0. The highest BCUT2D eigenvalue weighted by Gasteiger charge is 2.29. The molecule has 0 spiro atoms. The van der Waals surface area contributed by atoms with Crippen LogP contribution in [0.4, 0.5) is 5.00 Å². The molecule has 2 aliphatic rings. The van der Waals surface area contributed by atoms with Crippen LogP contribution in [-0.2, 0) is 35.2 Å². The molecule has 0 saturated carbocycles. The van der Waals surface area contributed by atoms with Crippen LogP contribution in [0.5, 0.6) is 0 Å². The van der Waals surface area contributed by atoms with Gasteiger partial charge in [-0.1, -0.05) is 0 Å². The number of primary amides is 1. The smallest absolute Gasteiger partial charge is 0.340 e.